The van der Waals surface area contributed by atoms with Gasteiger partial charge < -0.3 is 14.9 Å². The third kappa shape index (κ3) is 3.31. The molecule has 3 fully saturated rings. The first-order chi connectivity index (χ1) is 12.9. The molecule has 0 aromatic heterocycles. The van der Waals surface area contributed by atoms with Gasteiger partial charge in [0.2, 0.25) is 5.91 Å². The van der Waals surface area contributed by atoms with Crippen LogP contribution in [0, 0.1) is 17.2 Å². The first-order valence-electron chi connectivity index (χ1n) is 9.47. The van der Waals surface area contributed by atoms with Crippen LogP contribution in [0.5, 0.6) is 0 Å². The molecule has 0 radical (unpaired) electrons. The molecule has 7 heteroatoms. The number of aliphatic carboxylic acids is 1. The van der Waals surface area contributed by atoms with Crippen LogP contribution < -0.4 is 0 Å². The lowest BCUT2D eigenvalue weighted by Crippen LogP contribution is -2.45. The Bertz CT molecular complexity index is 784. The summed E-state index contributed by atoms with van der Waals surface area (Å²) in [6.45, 7) is 1.50. The van der Waals surface area contributed by atoms with Crippen LogP contribution in [0.25, 0.3) is 0 Å². The summed E-state index contributed by atoms with van der Waals surface area (Å²) in [5.74, 6) is -1.90. The largest absolute Gasteiger partial charge is 0.480 e. The van der Waals surface area contributed by atoms with E-state index in [0.717, 1.165) is 12.8 Å². The summed E-state index contributed by atoms with van der Waals surface area (Å²) in [7, 11) is 0. The molecule has 1 unspecified atom stereocenters. The molecule has 1 aromatic carbocycles. The van der Waals surface area contributed by atoms with Crippen molar-refractivity contribution in [3.05, 3.63) is 35.6 Å². The summed E-state index contributed by atoms with van der Waals surface area (Å²) in [5, 5.41) is 9.63. The van der Waals surface area contributed by atoms with Crippen molar-refractivity contribution >= 4 is 17.8 Å². The molecule has 2 heterocycles. The third-order valence-electron chi connectivity index (χ3n) is 6.22. The molecule has 2 aliphatic heterocycles. The molecule has 144 valence electrons. The van der Waals surface area contributed by atoms with Gasteiger partial charge in [0.1, 0.15) is 11.9 Å². The van der Waals surface area contributed by atoms with E-state index in [2.05, 4.69) is 0 Å². The van der Waals surface area contributed by atoms with E-state index in [1.165, 1.54) is 23.1 Å². The highest BCUT2D eigenvalue weighted by Crippen LogP contribution is 2.45. The molecular formula is C20H23FN2O4. The van der Waals surface area contributed by atoms with Crippen molar-refractivity contribution in [3.8, 4) is 0 Å². The Hall–Kier alpha value is -2.44. The molecule has 1 atom stereocenters. The van der Waals surface area contributed by atoms with Gasteiger partial charge in [0.05, 0.1) is 5.56 Å². The number of halogens is 1. The summed E-state index contributed by atoms with van der Waals surface area (Å²) in [6, 6.07) is 4.71. The van der Waals surface area contributed by atoms with Gasteiger partial charge in [-0.05, 0) is 49.7 Å². The predicted octanol–water partition coefficient (Wildman–Crippen LogP) is 2.14. The van der Waals surface area contributed by atoms with E-state index in [1.54, 1.807) is 6.07 Å². The zero-order valence-electron chi connectivity index (χ0n) is 15.1. The Morgan fingerprint density at radius 1 is 1.11 bits per heavy atom. The van der Waals surface area contributed by atoms with Crippen LogP contribution in [-0.2, 0) is 9.59 Å². The minimum absolute atomic E-state index is 0.0952. The number of carbonyl (C=O) groups excluding carboxylic acids is 2. The smallest absolute Gasteiger partial charge is 0.326 e. The first-order valence-corrected chi connectivity index (χ1v) is 9.47. The number of carboxylic acid groups (broad SMARTS) is 1. The minimum atomic E-state index is -1.06. The van der Waals surface area contributed by atoms with Gasteiger partial charge in [-0.3, -0.25) is 9.59 Å². The van der Waals surface area contributed by atoms with Crippen molar-refractivity contribution < 1.29 is 23.9 Å². The van der Waals surface area contributed by atoms with Gasteiger partial charge in [-0.1, -0.05) is 12.1 Å². The molecule has 1 spiro atoms. The number of hydrogen-bond donors (Lipinski definition) is 1. The van der Waals surface area contributed by atoms with E-state index in [9.17, 15) is 23.9 Å². The molecular weight excluding hydrogens is 351 g/mol. The topological polar surface area (TPSA) is 77.9 Å². The van der Waals surface area contributed by atoms with Gasteiger partial charge in [-0.2, -0.15) is 0 Å². The lowest BCUT2D eigenvalue weighted by molar-refractivity contribution is -0.141. The van der Waals surface area contributed by atoms with E-state index >= 15 is 0 Å². The van der Waals surface area contributed by atoms with Crippen molar-refractivity contribution in [1.82, 2.24) is 9.80 Å². The number of rotatable bonds is 3. The van der Waals surface area contributed by atoms with Crippen LogP contribution >= 0.6 is 0 Å². The molecule has 27 heavy (non-hydrogen) atoms. The fourth-order valence-corrected chi connectivity index (χ4v) is 4.43. The van der Waals surface area contributed by atoms with Crippen molar-refractivity contribution in [1.29, 1.82) is 0 Å². The summed E-state index contributed by atoms with van der Waals surface area (Å²) in [5.41, 5.74) is -0.410. The molecule has 3 aliphatic rings. The molecule has 1 saturated carbocycles. The van der Waals surface area contributed by atoms with Gasteiger partial charge >= 0.3 is 5.97 Å². The molecule has 4 rings (SSSR count). The second-order valence-electron chi connectivity index (χ2n) is 8.07. The Kier molecular flexibility index (Phi) is 4.40. The van der Waals surface area contributed by atoms with Crippen LogP contribution in [0.2, 0.25) is 0 Å². The summed E-state index contributed by atoms with van der Waals surface area (Å²) in [6.07, 6.45) is 3.64. The number of hydrogen-bond acceptors (Lipinski definition) is 3. The quantitative estimate of drug-likeness (QED) is 0.879. The van der Waals surface area contributed by atoms with Crippen LogP contribution in [0.3, 0.4) is 0 Å². The van der Waals surface area contributed by atoms with Crippen molar-refractivity contribution in [2.45, 2.75) is 38.1 Å². The second-order valence-corrected chi connectivity index (χ2v) is 8.07. The van der Waals surface area contributed by atoms with Gasteiger partial charge in [-0.25, -0.2) is 9.18 Å². The predicted molar refractivity (Wildman–Crippen MR) is 94.4 cm³/mol. The van der Waals surface area contributed by atoms with Gasteiger partial charge in [0, 0.05) is 25.6 Å². The van der Waals surface area contributed by atoms with Crippen LogP contribution in [-0.4, -0.2) is 58.4 Å². The highest BCUT2D eigenvalue weighted by molar-refractivity contribution is 5.97. The monoisotopic (exact) mass is 374 g/mol. The lowest BCUT2D eigenvalue weighted by Gasteiger charge is -2.39. The highest BCUT2D eigenvalue weighted by atomic mass is 19.1. The maximum absolute atomic E-state index is 14.0. The van der Waals surface area contributed by atoms with Gasteiger partial charge in [0.15, 0.2) is 0 Å². The maximum atomic E-state index is 14.0. The number of carboxylic acids is 1. The highest BCUT2D eigenvalue weighted by Gasteiger charge is 2.51. The van der Waals surface area contributed by atoms with Crippen LogP contribution in [0.15, 0.2) is 24.3 Å². The SMILES string of the molecule is O=C(O)C1CC2(CCN(C(=O)C3CC3)CC2)CN1C(=O)c1ccccc1F. The number of benzene rings is 1. The molecule has 2 amide bonds. The molecule has 6 nitrogen and oxygen atoms in total. The standard InChI is InChI=1S/C20H23FN2O4/c21-15-4-2-1-3-14(15)18(25)23-12-20(11-16(23)19(26)27)7-9-22(10-8-20)17(24)13-5-6-13/h1-4,13,16H,5-12H2,(H,26,27). The van der Waals surface area contributed by atoms with E-state index in [-0.39, 0.29) is 22.8 Å². The fourth-order valence-electron chi connectivity index (χ4n) is 4.43. The average molecular weight is 374 g/mol. The number of likely N-dealkylation sites (tertiary alicyclic amines) is 2. The number of carbonyl (C=O) groups is 3. The van der Waals surface area contributed by atoms with Gasteiger partial charge in [0.25, 0.3) is 5.91 Å². The van der Waals surface area contributed by atoms with E-state index < -0.39 is 23.7 Å². The summed E-state index contributed by atoms with van der Waals surface area (Å²) in [4.78, 5) is 40.1. The molecule has 2 saturated heterocycles. The number of amides is 2. The van der Waals surface area contributed by atoms with Crippen molar-refractivity contribution in [3.63, 3.8) is 0 Å². The zero-order valence-corrected chi connectivity index (χ0v) is 15.1. The number of piperidine rings is 1. The normalized spacial score (nSPS) is 24.3. The molecule has 0 bridgehead atoms. The molecule has 1 N–H and O–H groups in total. The summed E-state index contributed by atoms with van der Waals surface area (Å²) < 4.78 is 14.0. The minimum Gasteiger partial charge on any atom is -0.480 e. The number of nitrogens with zero attached hydrogens (tertiary/aromatic N) is 2. The Balaban J connectivity index is 1.51. The third-order valence-corrected chi connectivity index (χ3v) is 6.22. The van der Waals surface area contributed by atoms with Crippen LogP contribution in [0.1, 0.15) is 42.5 Å². The van der Waals surface area contributed by atoms with Crippen molar-refractivity contribution in [2.24, 2.45) is 11.3 Å². The summed E-state index contributed by atoms with van der Waals surface area (Å²) >= 11 is 0. The Morgan fingerprint density at radius 3 is 2.37 bits per heavy atom. The Labute approximate surface area is 156 Å². The lowest BCUT2D eigenvalue weighted by atomic mass is 9.76. The van der Waals surface area contributed by atoms with Crippen molar-refractivity contribution in [2.75, 3.05) is 19.6 Å². The van der Waals surface area contributed by atoms with E-state index in [0.29, 0.717) is 38.9 Å². The van der Waals surface area contributed by atoms with E-state index in [4.69, 9.17) is 0 Å². The van der Waals surface area contributed by atoms with Gasteiger partial charge in [-0.15, -0.1) is 0 Å². The Morgan fingerprint density at radius 2 is 1.78 bits per heavy atom. The average Bonchev–Trinajstić information content (AvgIpc) is 3.44. The second kappa shape index (κ2) is 6.62. The fraction of sp³-hybridized carbons (Fsp3) is 0.550. The first kappa shape index (κ1) is 17.9. The molecule has 1 aliphatic carbocycles. The maximum Gasteiger partial charge on any atom is 0.326 e. The van der Waals surface area contributed by atoms with E-state index in [1.807, 2.05) is 4.90 Å². The zero-order chi connectivity index (χ0) is 19.2. The molecule has 1 aromatic rings. The van der Waals surface area contributed by atoms with Crippen LogP contribution in [0.4, 0.5) is 4.39 Å².